The van der Waals surface area contributed by atoms with Crippen LogP contribution in [-0.2, 0) is 0 Å². The summed E-state index contributed by atoms with van der Waals surface area (Å²) in [6.07, 6.45) is 1.55. The van der Waals surface area contributed by atoms with E-state index in [2.05, 4.69) is 36.6 Å². The molecule has 0 bridgehead atoms. The summed E-state index contributed by atoms with van der Waals surface area (Å²) in [6, 6.07) is 3.15. The topological polar surface area (TPSA) is 75.9 Å². The van der Waals surface area contributed by atoms with Gasteiger partial charge in [-0.3, -0.25) is 5.43 Å². The van der Waals surface area contributed by atoms with Crippen LogP contribution in [-0.4, -0.2) is 9.97 Å². The fraction of sp³-hybridized carbons (Fsp3) is 0. The van der Waals surface area contributed by atoms with Gasteiger partial charge in [0, 0.05) is 6.20 Å². The third-order valence-corrected chi connectivity index (χ3v) is 3.75. The Morgan fingerprint density at radius 1 is 1.11 bits per heavy atom. The fourth-order valence-electron chi connectivity index (χ4n) is 1.27. The van der Waals surface area contributed by atoms with Crippen LogP contribution in [0.15, 0.2) is 22.8 Å². The third kappa shape index (κ3) is 3.40. The highest BCUT2D eigenvalue weighted by Crippen LogP contribution is 2.34. The number of nitrogens with zero attached hydrogens (tertiary/aromatic N) is 2. The lowest BCUT2D eigenvalue weighted by molar-refractivity contribution is 1.11. The average Bonchev–Trinajstić information content (AvgIpc) is 2.38. The van der Waals surface area contributed by atoms with E-state index in [9.17, 15) is 0 Å². The minimum Gasteiger partial charge on any atom is -0.338 e. The van der Waals surface area contributed by atoms with Gasteiger partial charge in [-0.2, -0.15) is 4.98 Å². The highest BCUT2D eigenvalue weighted by atomic mass is 79.9. The van der Waals surface area contributed by atoms with E-state index in [1.165, 1.54) is 0 Å². The van der Waals surface area contributed by atoms with Crippen LogP contribution in [0, 0.1) is 0 Å². The molecular formula is C10H7BrCl3N5. The van der Waals surface area contributed by atoms with Gasteiger partial charge in [-0.25, -0.2) is 10.8 Å². The molecule has 1 heterocycles. The molecule has 0 aliphatic heterocycles. The van der Waals surface area contributed by atoms with Crippen LogP contribution >= 0.6 is 50.7 Å². The van der Waals surface area contributed by atoms with Crippen LogP contribution < -0.4 is 16.6 Å². The zero-order chi connectivity index (χ0) is 14.0. The van der Waals surface area contributed by atoms with Crippen molar-refractivity contribution in [3.8, 4) is 0 Å². The van der Waals surface area contributed by atoms with Crippen LogP contribution in [0.25, 0.3) is 0 Å². The molecule has 0 unspecified atom stereocenters. The van der Waals surface area contributed by atoms with E-state index in [-0.39, 0.29) is 5.95 Å². The number of nitrogen functional groups attached to an aromatic ring is 1. The maximum absolute atomic E-state index is 6.07. The Hall–Kier alpha value is -0.790. The van der Waals surface area contributed by atoms with Crippen molar-refractivity contribution in [3.63, 3.8) is 0 Å². The van der Waals surface area contributed by atoms with Crippen molar-refractivity contribution in [2.75, 3.05) is 10.7 Å². The van der Waals surface area contributed by atoms with E-state index >= 15 is 0 Å². The number of nitrogens with one attached hydrogen (secondary N) is 2. The number of aromatic nitrogens is 2. The molecule has 1 aromatic heterocycles. The minimum atomic E-state index is 0.266. The van der Waals surface area contributed by atoms with Gasteiger partial charge < -0.3 is 5.32 Å². The summed E-state index contributed by atoms with van der Waals surface area (Å²) in [5.74, 6) is 6.01. The van der Waals surface area contributed by atoms with Gasteiger partial charge in [0.05, 0.1) is 25.2 Å². The number of hydrogen-bond donors (Lipinski definition) is 3. The number of benzene rings is 1. The Bertz CT molecular complexity index is 622. The number of nitrogens with two attached hydrogens (primary N) is 1. The van der Waals surface area contributed by atoms with Gasteiger partial charge in [0.15, 0.2) is 0 Å². The lowest BCUT2D eigenvalue weighted by Gasteiger charge is -2.11. The van der Waals surface area contributed by atoms with Crippen molar-refractivity contribution < 1.29 is 0 Å². The van der Waals surface area contributed by atoms with E-state index in [1.54, 1.807) is 18.3 Å². The summed E-state index contributed by atoms with van der Waals surface area (Å²) in [5, 5.41) is 4.20. The Kier molecular flexibility index (Phi) is 4.70. The molecule has 0 atom stereocenters. The summed E-state index contributed by atoms with van der Waals surface area (Å²) in [6.45, 7) is 0. The maximum Gasteiger partial charge on any atom is 0.239 e. The highest BCUT2D eigenvalue weighted by Gasteiger charge is 2.10. The smallest absolute Gasteiger partial charge is 0.239 e. The van der Waals surface area contributed by atoms with Crippen molar-refractivity contribution in [3.05, 3.63) is 37.9 Å². The largest absolute Gasteiger partial charge is 0.338 e. The molecule has 2 aromatic rings. The monoisotopic (exact) mass is 381 g/mol. The van der Waals surface area contributed by atoms with Crippen LogP contribution in [0.1, 0.15) is 0 Å². The summed E-state index contributed by atoms with van der Waals surface area (Å²) in [7, 11) is 0. The van der Waals surface area contributed by atoms with E-state index in [0.717, 1.165) is 0 Å². The number of anilines is 3. The zero-order valence-corrected chi connectivity index (χ0v) is 13.1. The Morgan fingerprint density at radius 3 is 2.47 bits per heavy atom. The second-order valence-corrected chi connectivity index (χ2v) is 5.48. The molecular weight excluding hydrogens is 376 g/mol. The number of hydrogen-bond acceptors (Lipinski definition) is 5. The summed E-state index contributed by atoms with van der Waals surface area (Å²) < 4.78 is 0.647. The quantitative estimate of drug-likeness (QED) is 0.420. The zero-order valence-electron chi connectivity index (χ0n) is 9.22. The number of hydrazine groups is 1. The molecule has 5 nitrogen and oxygen atoms in total. The molecule has 0 amide bonds. The van der Waals surface area contributed by atoms with Gasteiger partial charge in [0.1, 0.15) is 5.82 Å². The Balaban J connectivity index is 2.38. The highest BCUT2D eigenvalue weighted by molar-refractivity contribution is 9.10. The molecule has 0 saturated heterocycles. The van der Waals surface area contributed by atoms with Crippen molar-refractivity contribution in [1.82, 2.24) is 9.97 Å². The molecule has 19 heavy (non-hydrogen) atoms. The van der Waals surface area contributed by atoms with Gasteiger partial charge in [0.2, 0.25) is 5.95 Å². The third-order valence-electron chi connectivity index (χ3n) is 2.14. The van der Waals surface area contributed by atoms with Crippen LogP contribution in [0.3, 0.4) is 0 Å². The van der Waals surface area contributed by atoms with E-state index in [4.69, 9.17) is 40.6 Å². The van der Waals surface area contributed by atoms with E-state index in [0.29, 0.717) is 31.0 Å². The van der Waals surface area contributed by atoms with Gasteiger partial charge in [-0.05, 0) is 28.1 Å². The molecule has 0 fully saturated rings. The lowest BCUT2D eigenvalue weighted by Crippen LogP contribution is -2.11. The normalized spacial score (nSPS) is 10.4. The standard InChI is InChI=1S/C10H7BrCl3N5/c11-4-3-16-10(19-15)18-9(4)17-8-2-6(13)5(12)1-7(8)14/h1-3H,15H2,(H2,16,17,18,19). The molecule has 0 spiro atoms. The molecule has 0 radical (unpaired) electrons. The second-order valence-electron chi connectivity index (χ2n) is 3.41. The molecule has 0 saturated carbocycles. The first-order valence-electron chi connectivity index (χ1n) is 4.92. The fourth-order valence-corrected chi connectivity index (χ4v) is 2.15. The summed E-state index contributed by atoms with van der Waals surface area (Å²) in [4.78, 5) is 8.08. The van der Waals surface area contributed by atoms with Crippen molar-refractivity contribution in [2.24, 2.45) is 5.84 Å². The SMILES string of the molecule is NNc1ncc(Br)c(Nc2cc(Cl)c(Cl)cc2Cl)n1. The van der Waals surface area contributed by atoms with E-state index < -0.39 is 0 Å². The van der Waals surface area contributed by atoms with Crippen molar-refractivity contribution in [2.45, 2.75) is 0 Å². The van der Waals surface area contributed by atoms with Gasteiger partial charge in [0.25, 0.3) is 0 Å². The first-order chi connectivity index (χ1) is 9.01. The van der Waals surface area contributed by atoms with E-state index in [1.807, 2.05) is 0 Å². The van der Waals surface area contributed by atoms with Crippen molar-refractivity contribution in [1.29, 1.82) is 0 Å². The molecule has 100 valence electrons. The predicted molar refractivity (Wildman–Crippen MR) is 82.3 cm³/mol. The van der Waals surface area contributed by atoms with Gasteiger partial charge >= 0.3 is 0 Å². The first-order valence-corrected chi connectivity index (χ1v) is 6.84. The molecule has 2 rings (SSSR count). The molecule has 0 aliphatic carbocycles. The maximum atomic E-state index is 6.07. The summed E-state index contributed by atoms with van der Waals surface area (Å²) in [5.41, 5.74) is 2.92. The number of rotatable bonds is 3. The molecule has 1 aromatic carbocycles. The predicted octanol–water partition coefficient (Wildman–Crippen LogP) is 4.23. The van der Waals surface area contributed by atoms with Gasteiger partial charge in [-0.1, -0.05) is 34.8 Å². The van der Waals surface area contributed by atoms with Crippen LogP contribution in [0.2, 0.25) is 15.1 Å². The lowest BCUT2D eigenvalue weighted by atomic mass is 10.3. The minimum absolute atomic E-state index is 0.266. The Morgan fingerprint density at radius 2 is 1.79 bits per heavy atom. The molecule has 0 aliphatic rings. The van der Waals surface area contributed by atoms with Crippen LogP contribution in [0.4, 0.5) is 17.5 Å². The number of halogens is 4. The second kappa shape index (κ2) is 6.11. The summed E-state index contributed by atoms with van der Waals surface area (Å²) >= 11 is 21.2. The van der Waals surface area contributed by atoms with Crippen LogP contribution in [0.5, 0.6) is 0 Å². The molecule has 4 N–H and O–H groups in total. The molecule has 9 heteroatoms. The average molecular weight is 383 g/mol. The Labute approximate surface area is 132 Å². The van der Waals surface area contributed by atoms with Crippen molar-refractivity contribution >= 4 is 68.2 Å². The van der Waals surface area contributed by atoms with Gasteiger partial charge in [-0.15, -0.1) is 0 Å². The first kappa shape index (κ1) is 14.6.